The molecule has 0 aliphatic carbocycles. The van der Waals surface area contributed by atoms with Crippen LogP contribution in [0.15, 0.2) is 24.3 Å². The SMILES string of the molecule is C#CC#CC#CC#CC.CCOC(=O)c1cccc(C)c1.O.O. The zero-order valence-corrected chi connectivity index (χ0v) is 13.4. The van der Waals surface area contributed by atoms with Crippen molar-refractivity contribution >= 4 is 5.97 Å². The summed E-state index contributed by atoms with van der Waals surface area (Å²) in [6.45, 7) is 5.88. The smallest absolute Gasteiger partial charge is 0.338 e. The van der Waals surface area contributed by atoms with Crippen molar-refractivity contribution in [2.45, 2.75) is 20.8 Å². The van der Waals surface area contributed by atoms with Crippen LogP contribution >= 0.6 is 0 Å². The number of hydrogen-bond donors (Lipinski definition) is 0. The number of benzene rings is 1. The summed E-state index contributed by atoms with van der Waals surface area (Å²) < 4.78 is 4.84. The highest BCUT2D eigenvalue weighted by molar-refractivity contribution is 5.89. The van der Waals surface area contributed by atoms with E-state index in [1.165, 1.54) is 0 Å². The molecular formula is C19H20O4. The first kappa shape index (κ1) is 24.8. The van der Waals surface area contributed by atoms with Gasteiger partial charge in [-0.05, 0) is 68.4 Å². The number of carbonyl (C=O) groups excluding carboxylic acids is 1. The fourth-order valence-corrected chi connectivity index (χ4v) is 1.18. The van der Waals surface area contributed by atoms with Crippen LogP contribution in [-0.4, -0.2) is 23.5 Å². The molecule has 1 aromatic carbocycles. The van der Waals surface area contributed by atoms with Gasteiger partial charge in [0.05, 0.1) is 12.2 Å². The second-order valence-corrected chi connectivity index (χ2v) is 3.61. The van der Waals surface area contributed by atoms with Gasteiger partial charge >= 0.3 is 5.97 Å². The Hall–Kier alpha value is -3.15. The van der Waals surface area contributed by atoms with Crippen LogP contribution in [-0.2, 0) is 4.74 Å². The van der Waals surface area contributed by atoms with Gasteiger partial charge in [0.15, 0.2) is 0 Å². The molecule has 0 amide bonds. The second-order valence-electron chi connectivity index (χ2n) is 3.61. The van der Waals surface area contributed by atoms with Crippen LogP contribution in [0.3, 0.4) is 0 Å². The van der Waals surface area contributed by atoms with Crippen molar-refractivity contribution in [2.24, 2.45) is 0 Å². The molecule has 0 aliphatic rings. The van der Waals surface area contributed by atoms with Crippen molar-refractivity contribution in [2.75, 3.05) is 6.61 Å². The van der Waals surface area contributed by atoms with E-state index in [0.29, 0.717) is 12.2 Å². The van der Waals surface area contributed by atoms with Crippen LogP contribution in [0.2, 0.25) is 0 Å². The predicted octanol–water partition coefficient (Wildman–Crippen LogP) is 1.17. The number of terminal acetylenes is 1. The monoisotopic (exact) mass is 312 g/mol. The third-order valence-electron chi connectivity index (χ3n) is 1.98. The Kier molecular flexibility index (Phi) is 18.3. The molecule has 0 aromatic heterocycles. The van der Waals surface area contributed by atoms with Gasteiger partial charge in [-0.15, -0.1) is 6.42 Å². The summed E-state index contributed by atoms with van der Waals surface area (Å²) in [4.78, 5) is 11.2. The van der Waals surface area contributed by atoms with E-state index < -0.39 is 0 Å². The van der Waals surface area contributed by atoms with Crippen LogP contribution in [0.1, 0.15) is 29.8 Å². The Labute approximate surface area is 137 Å². The van der Waals surface area contributed by atoms with Crippen molar-refractivity contribution in [1.82, 2.24) is 0 Å². The number of esters is 1. The van der Waals surface area contributed by atoms with Crippen molar-refractivity contribution < 1.29 is 20.5 Å². The molecular weight excluding hydrogens is 292 g/mol. The van der Waals surface area contributed by atoms with Crippen LogP contribution in [0.4, 0.5) is 0 Å². The number of rotatable bonds is 2. The molecule has 23 heavy (non-hydrogen) atoms. The minimum atomic E-state index is -0.249. The van der Waals surface area contributed by atoms with E-state index in [4.69, 9.17) is 11.2 Å². The quantitative estimate of drug-likeness (QED) is 0.606. The van der Waals surface area contributed by atoms with Crippen molar-refractivity contribution in [3.8, 4) is 47.9 Å². The summed E-state index contributed by atoms with van der Waals surface area (Å²) in [7, 11) is 0. The summed E-state index contributed by atoms with van der Waals surface area (Å²) in [5.41, 5.74) is 1.69. The molecule has 0 aliphatic heterocycles. The molecule has 4 heteroatoms. The van der Waals surface area contributed by atoms with Gasteiger partial charge in [-0.2, -0.15) is 0 Å². The van der Waals surface area contributed by atoms with Crippen LogP contribution in [0, 0.1) is 54.8 Å². The van der Waals surface area contributed by atoms with Gasteiger partial charge in [0.25, 0.3) is 0 Å². The lowest BCUT2D eigenvalue weighted by Gasteiger charge is -2.01. The van der Waals surface area contributed by atoms with E-state index in [1.807, 2.05) is 25.1 Å². The molecule has 0 saturated heterocycles. The Balaban J connectivity index is -0.000000332. The number of carbonyl (C=O) groups is 1. The first-order chi connectivity index (χ1) is 10.2. The van der Waals surface area contributed by atoms with E-state index >= 15 is 0 Å². The zero-order valence-electron chi connectivity index (χ0n) is 13.4. The Morgan fingerprint density at radius 1 is 1.13 bits per heavy atom. The van der Waals surface area contributed by atoms with Crippen LogP contribution < -0.4 is 0 Å². The third kappa shape index (κ3) is 13.6. The normalized spacial score (nSPS) is 6.35. The Morgan fingerprint density at radius 2 is 1.74 bits per heavy atom. The van der Waals surface area contributed by atoms with Crippen LogP contribution in [0.25, 0.3) is 0 Å². The van der Waals surface area contributed by atoms with E-state index in [1.54, 1.807) is 19.9 Å². The average molecular weight is 312 g/mol. The molecule has 0 unspecified atom stereocenters. The maximum absolute atomic E-state index is 11.2. The minimum absolute atomic E-state index is 0. The van der Waals surface area contributed by atoms with Gasteiger partial charge in [0, 0.05) is 0 Å². The standard InChI is InChI=1S/C10H12O2.C9H4.2H2O/c1-3-12-10(11)9-6-4-5-8(2)7-9;1-3-5-7-9-8-6-4-2;;/h4-7H,3H2,1-2H3;1H,2H3;2*1H2. The van der Waals surface area contributed by atoms with Gasteiger partial charge in [0.2, 0.25) is 0 Å². The van der Waals surface area contributed by atoms with Gasteiger partial charge in [-0.3, -0.25) is 0 Å². The molecule has 1 rings (SSSR count). The summed E-state index contributed by atoms with van der Waals surface area (Å²) in [6, 6.07) is 7.37. The predicted molar refractivity (Wildman–Crippen MR) is 92.2 cm³/mol. The van der Waals surface area contributed by atoms with E-state index in [9.17, 15) is 4.79 Å². The molecule has 4 N–H and O–H groups in total. The molecule has 0 saturated carbocycles. The highest BCUT2D eigenvalue weighted by Crippen LogP contribution is 2.05. The fraction of sp³-hybridized carbons (Fsp3) is 0.211. The zero-order chi connectivity index (χ0) is 15.9. The van der Waals surface area contributed by atoms with Crippen LogP contribution in [0.5, 0.6) is 0 Å². The summed E-state index contributed by atoms with van der Waals surface area (Å²) in [5.74, 6) is 16.7. The first-order valence-corrected chi connectivity index (χ1v) is 6.26. The van der Waals surface area contributed by atoms with Gasteiger partial charge in [-0.25, -0.2) is 4.79 Å². The van der Waals surface area contributed by atoms with E-state index in [2.05, 4.69) is 41.4 Å². The molecule has 0 spiro atoms. The molecule has 120 valence electrons. The maximum atomic E-state index is 11.2. The lowest BCUT2D eigenvalue weighted by Crippen LogP contribution is -2.04. The van der Waals surface area contributed by atoms with E-state index in [-0.39, 0.29) is 16.9 Å². The molecule has 4 nitrogen and oxygen atoms in total. The van der Waals surface area contributed by atoms with Crippen molar-refractivity contribution in [3.63, 3.8) is 0 Å². The molecule has 0 radical (unpaired) electrons. The second kappa shape index (κ2) is 16.9. The molecule has 1 aromatic rings. The number of ether oxygens (including phenoxy) is 1. The molecule has 0 fully saturated rings. The average Bonchev–Trinajstić information content (AvgIpc) is 2.48. The lowest BCUT2D eigenvalue weighted by atomic mass is 10.1. The Morgan fingerprint density at radius 3 is 2.26 bits per heavy atom. The van der Waals surface area contributed by atoms with Crippen molar-refractivity contribution in [1.29, 1.82) is 0 Å². The molecule has 0 bridgehead atoms. The lowest BCUT2D eigenvalue weighted by molar-refractivity contribution is 0.0526. The van der Waals surface area contributed by atoms with Gasteiger partial charge < -0.3 is 15.7 Å². The topological polar surface area (TPSA) is 89.3 Å². The summed E-state index contributed by atoms with van der Waals surface area (Å²) in [6.07, 6.45) is 4.82. The third-order valence-corrected chi connectivity index (χ3v) is 1.98. The first-order valence-electron chi connectivity index (χ1n) is 6.26. The summed E-state index contributed by atoms with van der Waals surface area (Å²) in [5, 5.41) is 0. The van der Waals surface area contributed by atoms with Crippen molar-refractivity contribution in [3.05, 3.63) is 35.4 Å². The number of aryl methyl sites for hydroxylation is 1. The van der Waals surface area contributed by atoms with E-state index in [0.717, 1.165) is 5.56 Å². The molecule has 0 heterocycles. The highest BCUT2D eigenvalue weighted by atomic mass is 16.5. The van der Waals surface area contributed by atoms with Gasteiger partial charge in [0.1, 0.15) is 0 Å². The van der Waals surface area contributed by atoms with Gasteiger partial charge in [-0.1, -0.05) is 23.6 Å². The molecule has 0 atom stereocenters. The maximum Gasteiger partial charge on any atom is 0.338 e. The number of hydrogen-bond acceptors (Lipinski definition) is 2. The minimum Gasteiger partial charge on any atom is -0.462 e. The summed E-state index contributed by atoms with van der Waals surface area (Å²) >= 11 is 0. The Bertz CT molecular complexity index is 692. The fourth-order valence-electron chi connectivity index (χ4n) is 1.18. The highest BCUT2D eigenvalue weighted by Gasteiger charge is 2.04. The largest absolute Gasteiger partial charge is 0.462 e.